The van der Waals surface area contributed by atoms with E-state index in [1.54, 1.807) is 0 Å². The molecule has 0 aliphatic carbocycles. The van der Waals surface area contributed by atoms with Crippen LogP contribution >= 0.6 is 0 Å². The zero-order chi connectivity index (χ0) is 19.1. The molecule has 1 aliphatic rings. The molecule has 1 aliphatic heterocycles. The number of para-hydroxylation sites is 1. The Balaban J connectivity index is 1.92. The Morgan fingerprint density at radius 1 is 0.963 bits per heavy atom. The number of benzene rings is 2. The van der Waals surface area contributed by atoms with Crippen molar-refractivity contribution < 1.29 is 4.79 Å². The van der Waals surface area contributed by atoms with Gasteiger partial charge in [0.1, 0.15) is 0 Å². The zero-order valence-electron chi connectivity index (χ0n) is 16.7. The Labute approximate surface area is 164 Å². The molecule has 3 rings (SSSR count). The van der Waals surface area contributed by atoms with Crippen LogP contribution in [0.4, 0.5) is 5.69 Å². The first-order chi connectivity index (χ1) is 13.2. The van der Waals surface area contributed by atoms with Crippen molar-refractivity contribution in [1.82, 2.24) is 4.90 Å². The van der Waals surface area contributed by atoms with Crippen LogP contribution in [-0.4, -0.2) is 30.1 Å². The molecular weight excluding hydrogens is 332 g/mol. The summed E-state index contributed by atoms with van der Waals surface area (Å²) in [6.07, 6.45) is 5.32. The summed E-state index contributed by atoms with van der Waals surface area (Å²) in [5.74, 6) is 0.603. The lowest BCUT2D eigenvalue weighted by Crippen LogP contribution is -2.53. The first-order valence-corrected chi connectivity index (χ1v) is 10.4. The van der Waals surface area contributed by atoms with Crippen molar-refractivity contribution in [3.05, 3.63) is 66.2 Å². The molecular formula is C24H32N2O. The van der Waals surface area contributed by atoms with Crippen LogP contribution in [0.25, 0.3) is 0 Å². The van der Waals surface area contributed by atoms with Crippen LogP contribution in [-0.2, 0) is 4.79 Å². The first kappa shape index (κ1) is 19.6. The van der Waals surface area contributed by atoms with Crippen molar-refractivity contribution in [2.45, 2.75) is 58.0 Å². The highest BCUT2D eigenvalue weighted by Crippen LogP contribution is 2.30. The number of amides is 1. The third kappa shape index (κ3) is 4.98. The molecule has 3 nitrogen and oxygen atoms in total. The van der Waals surface area contributed by atoms with Gasteiger partial charge in [0.05, 0.1) is 6.17 Å². The number of carbonyl (C=O) groups is 1. The lowest BCUT2D eigenvalue weighted by molar-refractivity contribution is -0.119. The van der Waals surface area contributed by atoms with E-state index < -0.39 is 0 Å². The van der Waals surface area contributed by atoms with Crippen LogP contribution in [0.2, 0.25) is 0 Å². The van der Waals surface area contributed by atoms with Crippen molar-refractivity contribution >= 4 is 11.6 Å². The fraction of sp³-hybridized carbons (Fsp3) is 0.458. The normalized spacial score (nSPS) is 17.3. The Kier molecular flexibility index (Phi) is 7.05. The monoisotopic (exact) mass is 364 g/mol. The van der Waals surface area contributed by atoms with E-state index in [2.05, 4.69) is 59.2 Å². The molecule has 0 aromatic heterocycles. The van der Waals surface area contributed by atoms with Gasteiger partial charge in [-0.05, 0) is 42.9 Å². The van der Waals surface area contributed by atoms with Crippen molar-refractivity contribution in [2.24, 2.45) is 0 Å². The van der Waals surface area contributed by atoms with E-state index in [0.29, 0.717) is 12.3 Å². The molecule has 0 spiro atoms. The summed E-state index contributed by atoms with van der Waals surface area (Å²) in [7, 11) is 0. The van der Waals surface area contributed by atoms with Crippen LogP contribution in [0.1, 0.15) is 57.4 Å². The van der Waals surface area contributed by atoms with E-state index >= 15 is 0 Å². The zero-order valence-corrected chi connectivity index (χ0v) is 16.7. The second-order valence-electron chi connectivity index (χ2n) is 7.58. The molecule has 2 atom stereocenters. The first-order valence-electron chi connectivity index (χ1n) is 10.4. The SMILES string of the molecule is CCC(=O)N(c1ccccc1)C(CC(C)c1ccccc1)N1CCCCC1. The second-order valence-corrected chi connectivity index (χ2v) is 7.58. The Morgan fingerprint density at radius 3 is 2.15 bits per heavy atom. The second kappa shape index (κ2) is 9.70. The summed E-state index contributed by atoms with van der Waals surface area (Å²) < 4.78 is 0. The van der Waals surface area contributed by atoms with Gasteiger partial charge in [0.25, 0.3) is 0 Å². The number of hydrogen-bond acceptors (Lipinski definition) is 2. The third-order valence-electron chi connectivity index (χ3n) is 5.65. The molecule has 144 valence electrons. The molecule has 1 fully saturated rings. The highest BCUT2D eigenvalue weighted by Gasteiger charge is 2.31. The van der Waals surface area contributed by atoms with Gasteiger partial charge in [0.2, 0.25) is 5.91 Å². The average molecular weight is 365 g/mol. The largest absolute Gasteiger partial charge is 0.296 e. The summed E-state index contributed by atoms with van der Waals surface area (Å²) in [5, 5.41) is 0. The number of carbonyl (C=O) groups excluding carboxylic acids is 1. The number of likely N-dealkylation sites (tertiary alicyclic amines) is 1. The maximum absolute atomic E-state index is 13.0. The highest BCUT2D eigenvalue weighted by molar-refractivity contribution is 5.93. The molecule has 27 heavy (non-hydrogen) atoms. The van der Waals surface area contributed by atoms with Gasteiger partial charge in [-0.3, -0.25) is 14.6 Å². The number of hydrogen-bond donors (Lipinski definition) is 0. The van der Waals surface area contributed by atoms with E-state index in [0.717, 1.165) is 25.2 Å². The Bertz CT molecular complexity index is 695. The van der Waals surface area contributed by atoms with Crippen molar-refractivity contribution in [3.8, 4) is 0 Å². The Morgan fingerprint density at radius 2 is 1.56 bits per heavy atom. The summed E-state index contributed by atoms with van der Waals surface area (Å²) in [4.78, 5) is 17.6. The third-order valence-corrected chi connectivity index (χ3v) is 5.65. The van der Waals surface area contributed by atoms with E-state index in [1.165, 1.54) is 24.8 Å². The van der Waals surface area contributed by atoms with Gasteiger partial charge in [0, 0.05) is 25.2 Å². The van der Waals surface area contributed by atoms with Gasteiger partial charge in [-0.15, -0.1) is 0 Å². The standard InChI is InChI=1S/C24H32N2O/c1-3-24(27)26(22-15-9-5-10-16-22)23(25-17-11-6-12-18-25)19-20(2)21-13-7-4-8-14-21/h4-5,7-10,13-16,20,23H,3,6,11-12,17-19H2,1-2H3. The minimum Gasteiger partial charge on any atom is -0.296 e. The topological polar surface area (TPSA) is 23.6 Å². The molecule has 1 saturated heterocycles. The molecule has 3 heteroatoms. The summed E-state index contributed by atoms with van der Waals surface area (Å²) in [6.45, 7) is 6.40. The lowest BCUT2D eigenvalue weighted by Gasteiger charge is -2.42. The number of rotatable bonds is 7. The average Bonchev–Trinajstić information content (AvgIpc) is 2.75. The quantitative estimate of drug-likeness (QED) is 0.653. The summed E-state index contributed by atoms with van der Waals surface area (Å²) in [5.41, 5.74) is 2.36. The molecule has 2 aromatic carbocycles. The lowest BCUT2D eigenvalue weighted by atomic mass is 9.94. The van der Waals surface area contributed by atoms with Crippen molar-refractivity contribution in [1.29, 1.82) is 0 Å². The van der Waals surface area contributed by atoms with Gasteiger partial charge in [-0.25, -0.2) is 0 Å². The van der Waals surface area contributed by atoms with Gasteiger partial charge in [-0.2, -0.15) is 0 Å². The van der Waals surface area contributed by atoms with Gasteiger partial charge < -0.3 is 0 Å². The van der Waals surface area contributed by atoms with E-state index in [1.807, 2.05) is 25.1 Å². The number of anilines is 1. The highest BCUT2D eigenvalue weighted by atomic mass is 16.2. The number of nitrogens with zero attached hydrogens (tertiary/aromatic N) is 2. The van der Waals surface area contributed by atoms with Crippen LogP contribution in [0, 0.1) is 0 Å². The van der Waals surface area contributed by atoms with Crippen LogP contribution in [0.5, 0.6) is 0 Å². The fourth-order valence-corrected chi connectivity index (χ4v) is 4.11. The maximum atomic E-state index is 13.0. The predicted octanol–water partition coefficient (Wildman–Crippen LogP) is 5.44. The van der Waals surface area contributed by atoms with Crippen LogP contribution < -0.4 is 4.90 Å². The Hall–Kier alpha value is -2.13. The van der Waals surface area contributed by atoms with Gasteiger partial charge >= 0.3 is 0 Å². The van der Waals surface area contributed by atoms with Crippen molar-refractivity contribution in [2.75, 3.05) is 18.0 Å². The van der Waals surface area contributed by atoms with Gasteiger partial charge in [-0.1, -0.05) is 68.8 Å². The molecule has 0 N–H and O–H groups in total. The number of piperidine rings is 1. The van der Waals surface area contributed by atoms with Crippen LogP contribution in [0.15, 0.2) is 60.7 Å². The summed E-state index contributed by atoms with van der Waals surface area (Å²) >= 11 is 0. The minimum atomic E-state index is 0.107. The van der Waals surface area contributed by atoms with E-state index in [-0.39, 0.29) is 12.1 Å². The van der Waals surface area contributed by atoms with E-state index in [9.17, 15) is 4.79 Å². The predicted molar refractivity (Wildman–Crippen MR) is 113 cm³/mol. The minimum absolute atomic E-state index is 0.107. The summed E-state index contributed by atoms with van der Waals surface area (Å²) in [6, 6.07) is 20.9. The van der Waals surface area contributed by atoms with Crippen molar-refractivity contribution in [3.63, 3.8) is 0 Å². The molecule has 2 aromatic rings. The van der Waals surface area contributed by atoms with Crippen LogP contribution in [0.3, 0.4) is 0 Å². The molecule has 1 heterocycles. The fourth-order valence-electron chi connectivity index (χ4n) is 4.11. The molecule has 2 unspecified atom stereocenters. The molecule has 0 bridgehead atoms. The van der Waals surface area contributed by atoms with E-state index in [4.69, 9.17) is 0 Å². The van der Waals surface area contributed by atoms with Gasteiger partial charge in [0.15, 0.2) is 0 Å². The molecule has 0 radical (unpaired) electrons. The molecule has 0 saturated carbocycles. The maximum Gasteiger partial charge on any atom is 0.228 e. The molecule has 1 amide bonds. The smallest absolute Gasteiger partial charge is 0.228 e.